The van der Waals surface area contributed by atoms with Crippen LogP contribution in [0.5, 0.6) is 0 Å². The number of carbonyl (C=O) groups is 1. The van der Waals surface area contributed by atoms with Crippen LogP contribution in [0, 0.1) is 11.3 Å². The van der Waals surface area contributed by atoms with E-state index in [1.54, 1.807) is 13.2 Å². The van der Waals surface area contributed by atoms with Crippen molar-refractivity contribution in [2.45, 2.75) is 6.04 Å². The van der Waals surface area contributed by atoms with E-state index in [1.165, 1.54) is 12.3 Å². The minimum Gasteiger partial charge on any atom is -0.383 e. The number of nitriles is 1. The zero-order valence-electron chi connectivity index (χ0n) is 9.31. The SMILES string of the molecule is COCC(CBr)NC(=O)c1ccc(C#N)cn1. The summed E-state index contributed by atoms with van der Waals surface area (Å²) in [7, 11) is 1.57. The van der Waals surface area contributed by atoms with Crippen LogP contribution in [-0.2, 0) is 4.74 Å². The lowest BCUT2D eigenvalue weighted by molar-refractivity contribution is 0.0903. The van der Waals surface area contributed by atoms with Crippen LogP contribution in [0.3, 0.4) is 0 Å². The fraction of sp³-hybridized carbons (Fsp3) is 0.364. The first-order valence-electron chi connectivity index (χ1n) is 4.93. The molecule has 5 nitrogen and oxygen atoms in total. The van der Waals surface area contributed by atoms with Gasteiger partial charge in [-0.1, -0.05) is 15.9 Å². The molecule has 0 aliphatic carbocycles. The van der Waals surface area contributed by atoms with E-state index in [9.17, 15) is 4.79 Å². The summed E-state index contributed by atoms with van der Waals surface area (Å²) in [6.45, 7) is 0.424. The molecule has 0 saturated heterocycles. The van der Waals surface area contributed by atoms with Crippen molar-refractivity contribution >= 4 is 21.8 Å². The minimum absolute atomic E-state index is 0.107. The minimum atomic E-state index is -0.281. The topological polar surface area (TPSA) is 75.0 Å². The third-order valence-corrected chi connectivity index (χ3v) is 2.80. The lowest BCUT2D eigenvalue weighted by Gasteiger charge is -2.14. The molecule has 1 heterocycles. The largest absolute Gasteiger partial charge is 0.383 e. The number of amides is 1. The van der Waals surface area contributed by atoms with Crippen molar-refractivity contribution in [3.63, 3.8) is 0 Å². The van der Waals surface area contributed by atoms with Gasteiger partial charge in [0.2, 0.25) is 0 Å². The summed E-state index contributed by atoms with van der Waals surface area (Å²) in [5.74, 6) is -0.281. The number of nitrogens with zero attached hydrogens (tertiary/aromatic N) is 2. The standard InChI is InChI=1S/C11H12BrN3O2/c1-17-7-9(4-12)15-11(16)10-3-2-8(5-13)6-14-10/h2-3,6,9H,4,7H2,1H3,(H,15,16). The van der Waals surface area contributed by atoms with Gasteiger partial charge in [0.1, 0.15) is 11.8 Å². The number of hydrogen-bond donors (Lipinski definition) is 1. The van der Waals surface area contributed by atoms with Crippen LogP contribution in [0.4, 0.5) is 0 Å². The predicted molar refractivity (Wildman–Crippen MR) is 65.9 cm³/mol. The highest BCUT2D eigenvalue weighted by Gasteiger charge is 2.13. The number of aromatic nitrogens is 1. The normalized spacial score (nSPS) is 11.6. The molecule has 1 atom stereocenters. The maximum absolute atomic E-state index is 11.8. The second kappa shape index (κ2) is 6.99. The Morgan fingerprint density at radius 2 is 2.47 bits per heavy atom. The molecule has 0 spiro atoms. The van der Waals surface area contributed by atoms with Gasteiger partial charge in [-0.25, -0.2) is 4.98 Å². The number of nitrogens with one attached hydrogen (secondary N) is 1. The lowest BCUT2D eigenvalue weighted by Crippen LogP contribution is -2.39. The molecular formula is C11H12BrN3O2. The Balaban J connectivity index is 2.66. The second-order valence-electron chi connectivity index (χ2n) is 3.32. The lowest BCUT2D eigenvalue weighted by atomic mass is 10.2. The molecule has 90 valence electrons. The van der Waals surface area contributed by atoms with Crippen LogP contribution in [0.25, 0.3) is 0 Å². The number of hydrogen-bond acceptors (Lipinski definition) is 4. The molecule has 1 aromatic rings. The summed E-state index contributed by atoms with van der Waals surface area (Å²) in [6.07, 6.45) is 1.37. The average molecular weight is 298 g/mol. The average Bonchev–Trinajstić information content (AvgIpc) is 2.38. The molecule has 1 N–H and O–H groups in total. The number of rotatable bonds is 5. The van der Waals surface area contributed by atoms with Crippen LogP contribution >= 0.6 is 15.9 Å². The summed E-state index contributed by atoms with van der Waals surface area (Å²) < 4.78 is 4.96. The van der Waals surface area contributed by atoms with Gasteiger partial charge < -0.3 is 10.1 Å². The van der Waals surface area contributed by atoms with Gasteiger partial charge in [-0.2, -0.15) is 5.26 Å². The Bertz CT molecular complexity index is 414. The van der Waals surface area contributed by atoms with Crippen molar-refractivity contribution in [3.05, 3.63) is 29.6 Å². The summed E-state index contributed by atoms with van der Waals surface area (Å²) >= 11 is 3.28. The summed E-state index contributed by atoms with van der Waals surface area (Å²) in [5.41, 5.74) is 0.710. The first-order valence-corrected chi connectivity index (χ1v) is 6.05. The van der Waals surface area contributed by atoms with Crippen molar-refractivity contribution in [1.29, 1.82) is 5.26 Å². The van der Waals surface area contributed by atoms with Crippen LogP contribution in [0.1, 0.15) is 16.1 Å². The number of alkyl halides is 1. The van der Waals surface area contributed by atoms with Crippen LogP contribution < -0.4 is 5.32 Å². The van der Waals surface area contributed by atoms with Gasteiger partial charge in [-0.15, -0.1) is 0 Å². The summed E-state index contributed by atoms with van der Waals surface area (Å²) in [6, 6.07) is 4.91. The molecule has 17 heavy (non-hydrogen) atoms. The molecule has 0 bridgehead atoms. The van der Waals surface area contributed by atoms with Gasteiger partial charge in [-0.3, -0.25) is 4.79 Å². The number of methoxy groups -OCH3 is 1. The molecule has 0 saturated carbocycles. The van der Waals surface area contributed by atoms with E-state index in [0.717, 1.165) is 0 Å². The van der Waals surface area contributed by atoms with Gasteiger partial charge >= 0.3 is 0 Å². The fourth-order valence-electron chi connectivity index (χ4n) is 1.18. The maximum atomic E-state index is 11.8. The smallest absolute Gasteiger partial charge is 0.270 e. The monoisotopic (exact) mass is 297 g/mol. The molecule has 0 aromatic carbocycles. The van der Waals surface area contributed by atoms with Crippen LogP contribution in [-0.4, -0.2) is 36.0 Å². The van der Waals surface area contributed by atoms with E-state index in [1.807, 2.05) is 6.07 Å². The molecule has 1 aromatic heterocycles. The van der Waals surface area contributed by atoms with Gasteiger partial charge in [-0.05, 0) is 12.1 Å². The fourth-order valence-corrected chi connectivity index (χ4v) is 1.53. The van der Waals surface area contributed by atoms with E-state index in [0.29, 0.717) is 17.5 Å². The van der Waals surface area contributed by atoms with E-state index >= 15 is 0 Å². The summed E-state index contributed by atoms with van der Waals surface area (Å²) in [5, 5.41) is 12.0. The van der Waals surface area contributed by atoms with Crippen molar-refractivity contribution in [3.8, 4) is 6.07 Å². The van der Waals surface area contributed by atoms with Crippen LogP contribution in [0.2, 0.25) is 0 Å². The van der Waals surface area contributed by atoms with Gasteiger partial charge in [0, 0.05) is 18.6 Å². The number of ether oxygens (including phenoxy) is 1. The molecule has 0 fully saturated rings. The first kappa shape index (κ1) is 13.6. The Kier molecular flexibility index (Phi) is 5.60. The first-order chi connectivity index (χ1) is 8.21. The molecule has 1 amide bonds. The predicted octanol–water partition coefficient (Wildman–Crippen LogP) is 1.09. The van der Waals surface area contributed by atoms with E-state index in [2.05, 4.69) is 26.2 Å². The summed E-state index contributed by atoms with van der Waals surface area (Å²) in [4.78, 5) is 15.7. The highest BCUT2D eigenvalue weighted by Crippen LogP contribution is 2.00. The number of carbonyl (C=O) groups excluding carboxylic acids is 1. The van der Waals surface area contributed by atoms with Crippen molar-refractivity contribution in [1.82, 2.24) is 10.3 Å². The quantitative estimate of drug-likeness (QED) is 0.826. The van der Waals surface area contributed by atoms with Gasteiger partial charge in [0.25, 0.3) is 5.91 Å². The molecular weight excluding hydrogens is 286 g/mol. The number of halogens is 1. The van der Waals surface area contributed by atoms with Gasteiger partial charge in [0.15, 0.2) is 0 Å². The molecule has 0 aliphatic rings. The van der Waals surface area contributed by atoms with Crippen LogP contribution in [0.15, 0.2) is 18.3 Å². The molecule has 0 aliphatic heterocycles. The highest BCUT2D eigenvalue weighted by molar-refractivity contribution is 9.09. The Morgan fingerprint density at radius 1 is 1.71 bits per heavy atom. The maximum Gasteiger partial charge on any atom is 0.270 e. The van der Waals surface area contributed by atoms with E-state index in [-0.39, 0.29) is 17.6 Å². The van der Waals surface area contributed by atoms with E-state index < -0.39 is 0 Å². The second-order valence-corrected chi connectivity index (χ2v) is 3.97. The molecule has 1 rings (SSSR count). The molecule has 0 radical (unpaired) electrons. The van der Waals surface area contributed by atoms with Crippen molar-refractivity contribution in [2.24, 2.45) is 0 Å². The third kappa shape index (κ3) is 4.13. The molecule has 1 unspecified atom stereocenters. The highest BCUT2D eigenvalue weighted by atomic mass is 79.9. The van der Waals surface area contributed by atoms with Crippen molar-refractivity contribution in [2.75, 3.05) is 19.0 Å². The zero-order chi connectivity index (χ0) is 12.7. The Hall–Kier alpha value is -1.45. The molecule has 6 heteroatoms. The van der Waals surface area contributed by atoms with Gasteiger partial charge in [0.05, 0.1) is 18.2 Å². The third-order valence-electron chi connectivity index (χ3n) is 2.01. The van der Waals surface area contributed by atoms with Crippen molar-refractivity contribution < 1.29 is 9.53 Å². The Morgan fingerprint density at radius 3 is 2.94 bits per heavy atom. The zero-order valence-corrected chi connectivity index (χ0v) is 10.9. The number of pyridine rings is 1. The Labute approximate surface area is 108 Å². The van der Waals surface area contributed by atoms with E-state index in [4.69, 9.17) is 10.00 Å².